The van der Waals surface area contributed by atoms with Gasteiger partial charge in [0, 0.05) is 37.7 Å². The summed E-state index contributed by atoms with van der Waals surface area (Å²) in [5.74, 6) is 0.826. The van der Waals surface area contributed by atoms with E-state index in [1.54, 1.807) is 31.4 Å². The number of nitrogens with zero attached hydrogens (tertiary/aromatic N) is 1. The molecule has 6 heteroatoms. The molecular weight excluding hydrogens is 320 g/mol. The summed E-state index contributed by atoms with van der Waals surface area (Å²) in [4.78, 5) is 26.7. The average molecular weight is 346 g/mol. The van der Waals surface area contributed by atoms with Crippen molar-refractivity contribution < 1.29 is 19.1 Å². The number of methoxy groups -OCH3 is 1. The summed E-state index contributed by atoms with van der Waals surface area (Å²) in [5.41, 5.74) is 0.655. The van der Waals surface area contributed by atoms with E-state index in [4.69, 9.17) is 9.47 Å². The molecule has 0 bridgehead atoms. The molecule has 2 fully saturated rings. The van der Waals surface area contributed by atoms with Crippen molar-refractivity contribution in [3.05, 3.63) is 29.8 Å². The number of hydrogen-bond donors (Lipinski definition) is 1. The molecule has 0 spiro atoms. The van der Waals surface area contributed by atoms with Crippen molar-refractivity contribution in [1.29, 1.82) is 0 Å². The van der Waals surface area contributed by atoms with E-state index < -0.39 is 0 Å². The molecule has 2 aliphatic rings. The molecule has 0 aromatic heterocycles. The normalized spacial score (nSPS) is 21.2. The smallest absolute Gasteiger partial charge is 0.253 e. The second-order valence-corrected chi connectivity index (χ2v) is 6.68. The largest absolute Gasteiger partial charge is 0.497 e. The lowest BCUT2D eigenvalue weighted by Crippen LogP contribution is -2.44. The molecule has 2 saturated heterocycles. The van der Waals surface area contributed by atoms with Crippen molar-refractivity contribution in [3.63, 3.8) is 0 Å². The molecule has 2 aliphatic heterocycles. The molecule has 0 aliphatic carbocycles. The number of amides is 2. The van der Waals surface area contributed by atoms with E-state index in [9.17, 15) is 9.59 Å². The Kier molecular flexibility index (Phi) is 5.91. The molecule has 2 heterocycles. The van der Waals surface area contributed by atoms with Crippen molar-refractivity contribution >= 4 is 11.8 Å². The lowest BCUT2D eigenvalue weighted by Gasteiger charge is -2.31. The van der Waals surface area contributed by atoms with Crippen LogP contribution >= 0.6 is 0 Å². The predicted molar refractivity (Wildman–Crippen MR) is 93.6 cm³/mol. The van der Waals surface area contributed by atoms with Gasteiger partial charge in [-0.3, -0.25) is 9.59 Å². The zero-order valence-corrected chi connectivity index (χ0v) is 14.7. The number of piperidine rings is 1. The molecule has 0 saturated carbocycles. The number of rotatable bonds is 5. The fourth-order valence-corrected chi connectivity index (χ4v) is 3.43. The van der Waals surface area contributed by atoms with Crippen molar-refractivity contribution in [2.24, 2.45) is 5.92 Å². The Morgan fingerprint density at radius 3 is 2.52 bits per heavy atom. The lowest BCUT2D eigenvalue weighted by molar-refractivity contribution is -0.126. The molecule has 0 radical (unpaired) electrons. The van der Waals surface area contributed by atoms with Gasteiger partial charge in [-0.2, -0.15) is 0 Å². The maximum absolute atomic E-state index is 12.5. The van der Waals surface area contributed by atoms with Crippen molar-refractivity contribution in [3.8, 4) is 5.75 Å². The van der Waals surface area contributed by atoms with Crippen LogP contribution in [0.3, 0.4) is 0 Å². The Morgan fingerprint density at radius 1 is 1.20 bits per heavy atom. The second-order valence-electron chi connectivity index (χ2n) is 6.68. The SMILES string of the molecule is COc1ccc(C(=O)N2CCC(C(=O)NCC3CCCO3)CC2)cc1. The number of likely N-dealkylation sites (tertiary alicyclic amines) is 1. The van der Waals surface area contributed by atoms with E-state index in [0.29, 0.717) is 38.0 Å². The molecule has 1 unspecified atom stereocenters. The van der Waals surface area contributed by atoms with Gasteiger partial charge in [-0.25, -0.2) is 0 Å². The van der Waals surface area contributed by atoms with Crippen LogP contribution in [0.15, 0.2) is 24.3 Å². The third kappa shape index (κ3) is 4.51. The van der Waals surface area contributed by atoms with E-state index in [-0.39, 0.29) is 23.8 Å². The number of carbonyl (C=O) groups is 2. The first kappa shape index (κ1) is 17.7. The van der Waals surface area contributed by atoms with Crippen LogP contribution in [0.4, 0.5) is 0 Å². The summed E-state index contributed by atoms with van der Waals surface area (Å²) in [6, 6.07) is 7.14. The van der Waals surface area contributed by atoms with E-state index >= 15 is 0 Å². The predicted octanol–water partition coefficient (Wildman–Crippen LogP) is 1.84. The summed E-state index contributed by atoms with van der Waals surface area (Å²) in [6.45, 7) is 2.63. The highest BCUT2D eigenvalue weighted by Gasteiger charge is 2.28. The maximum atomic E-state index is 12.5. The van der Waals surface area contributed by atoms with Crippen molar-refractivity contribution in [1.82, 2.24) is 10.2 Å². The minimum Gasteiger partial charge on any atom is -0.497 e. The van der Waals surface area contributed by atoms with E-state index in [2.05, 4.69) is 5.32 Å². The molecule has 1 aromatic carbocycles. The molecule has 1 N–H and O–H groups in total. The van der Waals surface area contributed by atoms with Gasteiger partial charge in [-0.05, 0) is 49.9 Å². The minimum absolute atomic E-state index is 0.0127. The maximum Gasteiger partial charge on any atom is 0.253 e. The first-order valence-electron chi connectivity index (χ1n) is 9.00. The van der Waals surface area contributed by atoms with E-state index in [0.717, 1.165) is 25.2 Å². The minimum atomic E-state index is -0.0127. The first-order chi connectivity index (χ1) is 12.2. The molecule has 6 nitrogen and oxygen atoms in total. The van der Waals surface area contributed by atoms with Crippen LogP contribution in [0, 0.1) is 5.92 Å². The number of hydrogen-bond acceptors (Lipinski definition) is 4. The highest BCUT2D eigenvalue weighted by molar-refractivity contribution is 5.94. The van der Waals surface area contributed by atoms with Gasteiger partial charge >= 0.3 is 0 Å². The molecule has 3 rings (SSSR count). The Bertz CT molecular complexity index is 588. The Balaban J connectivity index is 1.45. The number of ether oxygens (including phenoxy) is 2. The fraction of sp³-hybridized carbons (Fsp3) is 0.579. The fourth-order valence-electron chi connectivity index (χ4n) is 3.43. The third-order valence-corrected chi connectivity index (χ3v) is 5.02. The Labute approximate surface area is 148 Å². The molecule has 1 atom stereocenters. The number of nitrogens with one attached hydrogen (secondary N) is 1. The van der Waals surface area contributed by atoms with Gasteiger partial charge in [0.05, 0.1) is 13.2 Å². The Hall–Kier alpha value is -2.08. The number of benzene rings is 1. The summed E-state index contributed by atoms with van der Waals surface area (Å²) in [6.07, 6.45) is 3.68. The molecule has 25 heavy (non-hydrogen) atoms. The van der Waals surface area contributed by atoms with Crippen molar-refractivity contribution in [2.45, 2.75) is 31.8 Å². The zero-order valence-electron chi connectivity index (χ0n) is 14.7. The van der Waals surface area contributed by atoms with Crippen LogP contribution in [0.25, 0.3) is 0 Å². The first-order valence-corrected chi connectivity index (χ1v) is 9.00. The topological polar surface area (TPSA) is 67.9 Å². The highest BCUT2D eigenvalue weighted by Crippen LogP contribution is 2.21. The number of carbonyl (C=O) groups excluding carboxylic acids is 2. The summed E-state index contributed by atoms with van der Waals surface area (Å²) in [7, 11) is 1.60. The van der Waals surface area contributed by atoms with Crippen LogP contribution in [-0.2, 0) is 9.53 Å². The van der Waals surface area contributed by atoms with Crippen LogP contribution in [0.2, 0.25) is 0 Å². The van der Waals surface area contributed by atoms with Gasteiger partial charge in [0.1, 0.15) is 5.75 Å². The second kappa shape index (κ2) is 8.34. The highest BCUT2D eigenvalue weighted by atomic mass is 16.5. The summed E-state index contributed by atoms with van der Waals surface area (Å²) >= 11 is 0. The average Bonchev–Trinajstić information content (AvgIpc) is 3.19. The van der Waals surface area contributed by atoms with Gasteiger partial charge in [-0.15, -0.1) is 0 Å². The monoisotopic (exact) mass is 346 g/mol. The van der Waals surface area contributed by atoms with Gasteiger partial charge in [0.2, 0.25) is 5.91 Å². The lowest BCUT2D eigenvalue weighted by atomic mass is 9.95. The summed E-state index contributed by atoms with van der Waals surface area (Å²) < 4.78 is 10.6. The van der Waals surface area contributed by atoms with Gasteiger partial charge in [0.25, 0.3) is 5.91 Å². The van der Waals surface area contributed by atoms with E-state index in [1.165, 1.54) is 0 Å². The summed E-state index contributed by atoms with van der Waals surface area (Å²) in [5, 5.41) is 3.00. The third-order valence-electron chi connectivity index (χ3n) is 5.02. The quantitative estimate of drug-likeness (QED) is 0.883. The standard InChI is InChI=1S/C19H26N2O4/c1-24-16-6-4-15(5-7-16)19(23)21-10-8-14(9-11-21)18(22)20-13-17-3-2-12-25-17/h4-7,14,17H,2-3,8-13H2,1H3,(H,20,22). The van der Waals surface area contributed by atoms with Crippen LogP contribution in [0.1, 0.15) is 36.0 Å². The molecule has 1 aromatic rings. The van der Waals surface area contributed by atoms with Crippen LogP contribution < -0.4 is 10.1 Å². The van der Waals surface area contributed by atoms with Crippen LogP contribution in [0.5, 0.6) is 5.75 Å². The molecule has 2 amide bonds. The van der Waals surface area contributed by atoms with Crippen molar-refractivity contribution in [2.75, 3.05) is 33.4 Å². The zero-order chi connectivity index (χ0) is 17.6. The van der Waals surface area contributed by atoms with Gasteiger partial charge in [0.15, 0.2) is 0 Å². The van der Waals surface area contributed by atoms with Gasteiger partial charge < -0.3 is 19.7 Å². The molecular formula is C19H26N2O4. The molecule has 136 valence electrons. The Morgan fingerprint density at radius 2 is 1.92 bits per heavy atom. The van der Waals surface area contributed by atoms with E-state index in [1.807, 2.05) is 4.90 Å². The van der Waals surface area contributed by atoms with Gasteiger partial charge in [-0.1, -0.05) is 0 Å². The van der Waals surface area contributed by atoms with Crippen LogP contribution in [-0.4, -0.2) is 56.2 Å².